The van der Waals surface area contributed by atoms with Gasteiger partial charge in [-0.25, -0.2) is 0 Å². The smallest absolute Gasteiger partial charge is 0.309 e. The monoisotopic (exact) mass is 266 g/mol. The maximum atomic E-state index is 11.3. The Labute approximate surface area is 106 Å². The van der Waals surface area contributed by atoms with Crippen molar-refractivity contribution in [1.82, 2.24) is 0 Å². The molecule has 0 bridgehead atoms. The Kier molecular flexibility index (Phi) is 7.66. The molecule has 0 heterocycles. The topological polar surface area (TPSA) is 74.6 Å². The number of hydrogen-bond donors (Lipinski definition) is 4. The Morgan fingerprint density at radius 3 is 1.81 bits per heavy atom. The largest absolute Gasteiger partial charge is 0.481 e. The van der Waals surface area contributed by atoms with E-state index in [0.29, 0.717) is 37.2 Å². The van der Waals surface area contributed by atoms with E-state index in [-0.39, 0.29) is 6.42 Å². The van der Waals surface area contributed by atoms with Crippen molar-refractivity contribution in [2.45, 2.75) is 32.1 Å². The van der Waals surface area contributed by atoms with Crippen LogP contribution in [0.4, 0.5) is 0 Å². The lowest BCUT2D eigenvalue weighted by atomic mass is 9.78. The third kappa shape index (κ3) is 5.12. The zero-order valence-corrected chi connectivity index (χ0v) is 10.8. The van der Waals surface area contributed by atoms with Crippen LogP contribution < -0.4 is 0 Å². The van der Waals surface area contributed by atoms with E-state index >= 15 is 0 Å². The van der Waals surface area contributed by atoms with Crippen LogP contribution in [0.3, 0.4) is 0 Å². The lowest BCUT2D eigenvalue weighted by Gasteiger charge is -2.28. The van der Waals surface area contributed by atoms with Gasteiger partial charge in [0, 0.05) is 6.42 Å². The van der Waals surface area contributed by atoms with Crippen molar-refractivity contribution in [2.24, 2.45) is 5.41 Å². The first-order chi connectivity index (χ1) is 7.48. The Morgan fingerprint density at radius 1 is 1.00 bits per heavy atom. The molecule has 0 amide bonds. The van der Waals surface area contributed by atoms with Gasteiger partial charge >= 0.3 is 11.9 Å². The van der Waals surface area contributed by atoms with E-state index < -0.39 is 17.4 Å². The number of thiol groups is 2. The van der Waals surface area contributed by atoms with E-state index in [0.717, 1.165) is 0 Å². The maximum Gasteiger partial charge on any atom is 0.309 e. The van der Waals surface area contributed by atoms with Gasteiger partial charge in [0.1, 0.15) is 0 Å². The first kappa shape index (κ1) is 15.6. The molecule has 2 N–H and O–H groups in total. The molecule has 4 nitrogen and oxygen atoms in total. The molecular weight excluding hydrogens is 248 g/mol. The molecule has 0 spiro atoms. The van der Waals surface area contributed by atoms with Gasteiger partial charge in [-0.15, -0.1) is 0 Å². The molecule has 0 atom stereocenters. The molecule has 0 radical (unpaired) electrons. The van der Waals surface area contributed by atoms with Crippen LogP contribution in [0.25, 0.3) is 0 Å². The summed E-state index contributed by atoms with van der Waals surface area (Å²) < 4.78 is 0. The fourth-order valence-corrected chi connectivity index (χ4v) is 2.56. The second-order valence-corrected chi connectivity index (χ2v) is 4.67. The van der Waals surface area contributed by atoms with Gasteiger partial charge in [-0.1, -0.05) is 0 Å². The van der Waals surface area contributed by atoms with Gasteiger partial charge < -0.3 is 10.2 Å². The number of hydrogen-bond acceptors (Lipinski definition) is 4. The lowest BCUT2D eigenvalue weighted by molar-refractivity contribution is -0.150. The summed E-state index contributed by atoms with van der Waals surface area (Å²) in [6.45, 7) is 0. The fourth-order valence-electron chi connectivity index (χ4n) is 1.70. The van der Waals surface area contributed by atoms with Crippen LogP contribution >= 0.6 is 25.3 Å². The number of rotatable bonds is 9. The molecule has 6 heteroatoms. The molecule has 0 aliphatic heterocycles. The molecular formula is C10H18O4S2. The molecule has 0 aliphatic carbocycles. The summed E-state index contributed by atoms with van der Waals surface area (Å²) in [5, 5.41) is 17.8. The van der Waals surface area contributed by atoms with Crippen LogP contribution in [0.5, 0.6) is 0 Å². The Morgan fingerprint density at radius 2 is 1.50 bits per heavy atom. The Balaban J connectivity index is 4.48. The number of carboxylic acid groups (broad SMARTS) is 2. The standard InChI is InChI=1S/C10H18O4S2/c11-8(12)2-1-3-10(4-6-15,5-7-16)9(13)14/h15-16H,1-7H2,(H,11,12)(H,13,14). The van der Waals surface area contributed by atoms with E-state index in [4.69, 9.17) is 5.11 Å². The third-order valence-corrected chi connectivity index (χ3v) is 3.13. The highest BCUT2D eigenvalue weighted by molar-refractivity contribution is 7.80. The van der Waals surface area contributed by atoms with Crippen molar-refractivity contribution in [2.75, 3.05) is 11.5 Å². The summed E-state index contributed by atoms with van der Waals surface area (Å²) in [6, 6.07) is 0. The molecule has 94 valence electrons. The van der Waals surface area contributed by atoms with Crippen LogP contribution in [0.1, 0.15) is 32.1 Å². The van der Waals surface area contributed by atoms with Gasteiger partial charge in [0.05, 0.1) is 5.41 Å². The predicted octanol–water partition coefficient (Wildman–Crippen LogP) is 1.95. The van der Waals surface area contributed by atoms with Gasteiger partial charge in [0.25, 0.3) is 0 Å². The summed E-state index contributed by atoms with van der Waals surface area (Å²) >= 11 is 8.12. The van der Waals surface area contributed by atoms with E-state index in [1.807, 2.05) is 0 Å². The molecule has 0 aromatic heterocycles. The maximum absolute atomic E-state index is 11.3. The van der Waals surface area contributed by atoms with Crippen molar-refractivity contribution in [1.29, 1.82) is 0 Å². The first-order valence-corrected chi connectivity index (χ1v) is 6.42. The zero-order chi connectivity index (χ0) is 12.6. The third-order valence-electron chi connectivity index (χ3n) is 2.68. The zero-order valence-electron chi connectivity index (χ0n) is 9.06. The minimum absolute atomic E-state index is 0.00811. The summed E-state index contributed by atoms with van der Waals surface area (Å²) in [5.41, 5.74) is -0.862. The number of carbonyl (C=O) groups is 2. The van der Waals surface area contributed by atoms with Crippen molar-refractivity contribution >= 4 is 37.2 Å². The van der Waals surface area contributed by atoms with E-state index in [9.17, 15) is 14.7 Å². The molecule has 0 unspecified atom stereocenters. The van der Waals surface area contributed by atoms with Crippen LogP contribution in [0, 0.1) is 5.41 Å². The highest BCUT2D eigenvalue weighted by Gasteiger charge is 2.36. The molecule has 0 aromatic rings. The van der Waals surface area contributed by atoms with Gasteiger partial charge in [0.15, 0.2) is 0 Å². The van der Waals surface area contributed by atoms with E-state index in [1.165, 1.54) is 0 Å². The molecule has 0 fully saturated rings. The summed E-state index contributed by atoms with van der Waals surface area (Å²) in [7, 11) is 0. The lowest BCUT2D eigenvalue weighted by Crippen LogP contribution is -2.32. The van der Waals surface area contributed by atoms with Crippen molar-refractivity contribution in [3.8, 4) is 0 Å². The first-order valence-electron chi connectivity index (χ1n) is 5.15. The van der Waals surface area contributed by atoms with Crippen LogP contribution in [-0.4, -0.2) is 33.7 Å². The van der Waals surface area contributed by atoms with Gasteiger partial charge in [-0.05, 0) is 37.2 Å². The second-order valence-electron chi connectivity index (χ2n) is 3.78. The molecule has 0 rings (SSSR count). The highest BCUT2D eigenvalue weighted by Crippen LogP contribution is 2.34. The van der Waals surface area contributed by atoms with Gasteiger partial charge in [0.2, 0.25) is 0 Å². The molecule has 0 aliphatic rings. The summed E-state index contributed by atoms with van der Waals surface area (Å²) in [4.78, 5) is 21.7. The van der Waals surface area contributed by atoms with Crippen LogP contribution in [0.15, 0.2) is 0 Å². The average molecular weight is 266 g/mol. The Hall–Kier alpha value is -0.360. The van der Waals surface area contributed by atoms with E-state index in [2.05, 4.69) is 25.3 Å². The van der Waals surface area contributed by atoms with Crippen molar-refractivity contribution in [3.05, 3.63) is 0 Å². The van der Waals surface area contributed by atoms with Crippen LogP contribution in [0.2, 0.25) is 0 Å². The van der Waals surface area contributed by atoms with Crippen LogP contribution in [-0.2, 0) is 9.59 Å². The summed E-state index contributed by atoms with van der Waals surface area (Å²) in [5.74, 6) is -0.808. The van der Waals surface area contributed by atoms with Gasteiger partial charge in [-0.2, -0.15) is 25.3 Å². The molecule has 16 heavy (non-hydrogen) atoms. The predicted molar refractivity (Wildman–Crippen MR) is 68.5 cm³/mol. The van der Waals surface area contributed by atoms with Crippen molar-refractivity contribution in [3.63, 3.8) is 0 Å². The second kappa shape index (κ2) is 7.84. The molecule has 0 saturated carbocycles. The molecule has 0 aromatic carbocycles. The van der Waals surface area contributed by atoms with E-state index in [1.54, 1.807) is 0 Å². The summed E-state index contributed by atoms with van der Waals surface area (Å²) in [6.07, 6.45) is 1.66. The fraction of sp³-hybridized carbons (Fsp3) is 0.800. The minimum atomic E-state index is -0.893. The molecule has 0 saturated heterocycles. The normalized spacial score (nSPS) is 11.4. The van der Waals surface area contributed by atoms with Gasteiger partial charge in [-0.3, -0.25) is 9.59 Å². The minimum Gasteiger partial charge on any atom is -0.481 e. The Bertz CT molecular complexity index is 237. The number of aliphatic carboxylic acids is 2. The number of carboxylic acids is 2. The quantitative estimate of drug-likeness (QED) is 0.481. The highest BCUT2D eigenvalue weighted by atomic mass is 32.1. The van der Waals surface area contributed by atoms with Crippen molar-refractivity contribution < 1.29 is 19.8 Å². The SMILES string of the molecule is O=C(O)CCCC(CCS)(CCS)C(=O)O. The average Bonchev–Trinajstić information content (AvgIpc) is 2.17.